The molecule has 0 fully saturated rings. The van der Waals surface area contributed by atoms with Crippen LogP contribution >= 0.6 is 0 Å². The molecule has 0 saturated heterocycles. The van der Waals surface area contributed by atoms with Gasteiger partial charge in [-0.3, -0.25) is 0 Å². The number of aromatic nitrogens is 1. The maximum absolute atomic E-state index is 5.76. The van der Waals surface area contributed by atoms with Crippen molar-refractivity contribution in [2.24, 2.45) is 0 Å². The number of H-pyrrole nitrogens is 1. The van der Waals surface area contributed by atoms with Crippen molar-refractivity contribution in [1.82, 2.24) is 10.3 Å². The third-order valence-electron chi connectivity index (χ3n) is 5.21. The van der Waals surface area contributed by atoms with Gasteiger partial charge in [0, 0.05) is 35.3 Å². The molecule has 0 amide bonds. The van der Waals surface area contributed by atoms with Crippen molar-refractivity contribution in [1.29, 1.82) is 0 Å². The minimum absolute atomic E-state index is 0.0188. The molecule has 6 nitrogen and oxygen atoms in total. The van der Waals surface area contributed by atoms with Gasteiger partial charge in [0.25, 0.3) is 0 Å². The molecule has 2 N–H and O–H groups in total. The number of fused-ring (bicyclic) bond motifs is 3. The van der Waals surface area contributed by atoms with Crippen LogP contribution in [0.25, 0.3) is 10.9 Å². The van der Waals surface area contributed by atoms with Crippen molar-refractivity contribution < 1.29 is 18.9 Å². The molecule has 0 saturated carbocycles. The minimum Gasteiger partial charge on any atom is -0.497 e. The summed E-state index contributed by atoms with van der Waals surface area (Å²) in [6, 6.07) is 8.20. The van der Waals surface area contributed by atoms with E-state index in [-0.39, 0.29) is 12.8 Å². The first-order valence-corrected chi connectivity index (χ1v) is 8.68. The Morgan fingerprint density at radius 2 is 2.04 bits per heavy atom. The Morgan fingerprint density at radius 1 is 1.12 bits per heavy atom. The van der Waals surface area contributed by atoms with E-state index < -0.39 is 0 Å². The van der Waals surface area contributed by atoms with Gasteiger partial charge in [-0.1, -0.05) is 0 Å². The number of rotatable bonds is 3. The molecule has 3 aromatic rings. The van der Waals surface area contributed by atoms with Crippen LogP contribution in [0.2, 0.25) is 0 Å². The molecule has 134 valence electrons. The molecule has 26 heavy (non-hydrogen) atoms. The highest BCUT2D eigenvalue weighted by atomic mass is 16.7. The molecule has 1 aromatic heterocycles. The van der Waals surface area contributed by atoms with Crippen LogP contribution in [0, 0.1) is 0 Å². The minimum atomic E-state index is 0.0188. The Bertz CT molecular complexity index is 995. The lowest BCUT2D eigenvalue weighted by Crippen LogP contribution is -2.31. The van der Waals surface area contributed by atoms with E-state index in [2.05, 4.69) is 28.6 Å². The fourth-order valence-electron chi connectivity index (χ4n) is 4.02. The highest BCUT2D eigenvalue weighted by molar-refractivity contribution is 5.86. The molecule has 2 aliphatic heterocycles. The molecule has 6 heteroatoms. The summed E-state index contributed by atoms with van der Waals surface area (Å²) in [5.41, 5.74) is 4.59. The highest BCUT2D eigenvalue weighted by Gasteiger charge is 2.33. The van der Waals surface area contributed by atoms with Crippen molar-refractivity contribution in [3.8, 4) is 23.0 Å². The molecule has 0 radical (unpaired) electrons. The van der Waals surface area contributed by atoms with Gasteiger partial charge in [-0.25, -0.2) is 0 Å². The third-order valence-corrected chi connectivity index (χ3v) is 5.21. The van der Waals surface area contributed by atoms with Crippen LogP contribution in [-0.4, -0.2) is 32.5 Å². The first-order chi connectivity index (χ1) is 12.8. The quantitative estimate of drug-likeness (QED) is 0.758. The van der Waals surface area contributed by atoms with Crippen LogP contribution in [0.4, 0.5) is 0 Å². The third kappa shape index (κ3) is 2.15. The lowest BCUT2D eigenvalue weighted by molar-refractivity contribution is 0.171. The number of nitrogens with one attached hydrogen (secondary N) is 2. The monoisotopic (exact) mass is 352 g/mol. The number of aromatic amines is 1. The van der Waals surface area contributed by atoms with Crippen molar-refractivity contribution in [2.75, 3.05) is 27.6 Å². The van der Waals surface area contributed by atoms with Crippen LogP contribution in [0.5, 0.6) is 23.0 Å². The SMILES string of the molecule is COc1ccc2c(C3NCCc4cc5c(c(OC)c43)OCO5)c[nH]c2c1. The van der Waals surface area contributed by atoms with Crippen molar-refractivity contribution in [2.45, 2.75) is 12.5 Å². The zero-order chi connectivity index (χ0) is 17.7. The predicted octanol–water partition coefficient (Wildman–Crippen LogP) is 3.15. The summed E-state index contributed by atoms with van der Waals surface area (Å²) in [7, 11) is 3.36. The Hall–Kier alpha value is -2.86. The van der Waals surface area contributed by atoms with E-state index in [1.165, 1.54) is 11.1 Å². The molecule has 3 heterocycles. The second-order valence-corrected chi connectivity index (χ2v) is 6.51. The largest absolute Gasteiger partial charge is 0.497 e. The van der Waals surface area contributed by atoms with Gasteiger partial charge in [-0.15, -0.1) is 0 Å². The number of hydrogen-bond acceptors (Lipinski definition) is 5. The van der Waals surface area contributed by atoms with E-state index >= 15 is 0 Å². The molecule has 0 spiro atoms. The van der Waals surface area contributed by atoms with Gasteiger partial charge < -0.3 is 29.2 Å². The van der Waals surface area contributed by atoms with Gasteiger partial charge in [0.2, 0.25) is 12.5 Å². The lowest BCUT2D eigenvalue weighted by atomic mass is 9.88. The van der Waals surface area contributed by atoms with Gasteiger partial charge >= 0.3 is 0 Å². The van der Waals surface area contributed by atoms with Crippen LogP contribution in [0.3, 0.4) is 0 Å². The Balaban J connectivity index is 1.69. The molecule has 2 aromatic carbocycles. The van der Waals surface area contributed by atoms with Gasteiger partial charge in [0.15, 0.2) is 11.5 Å². The van der Waals surface area contributed by atoms with Crippen molar-refractivity contribution in [3.05, 3.63) is 47.2 Å². The maximum atomic E-state index is 5.76. The fraction of sp³-hybridized carbons (Fsp3) is 0.300. The molecule has 2 aliphatic rings. The summed E-state index contributed by atoms with van der Waals surface area (Å²) in [5.74, 6) is 3.06. The summed E-state index contributed by atoms with van der Waals surface area (Å²) in [4.78, 5) is 3.36. The normalized spacial score (nSPS) is 18.0. The average Bonchev–Trinajstić information content (AvgIpc) is 3.31. The van der Waals surface area contributed by atoms with Crippen LogP contribution < -0.4 is 24.3 Å². The van der Waals surface area contributed by atoms with E-state index in [4.69, 9.17) is 18.9 Å². The summed E-state index contributed by atoms with van der Waals surface area (Å²) >= 11 is 0. The Kier molecular flexibility index (Phi) is 3.46. The van der Waals surface area contributed by atoms with E-state index in [9.17, 15) is 0 Å². The molecule has 0 aliphatic carbocycles. The summed E-state index contributed by atoms with van der Waals surface area (Å²) < 4.78 is 22.3. The first-order valence-electron chi connectivity index (χ1n) is 8.68. The highest BCUT2D eigenvalue weighted by Crippen LogP contribution is 2.49. The van der Waals surface area contributed by atoms with E-state index in [1.54, 1.807) is 14.2 Å². The zero-order valence-corrected chi connectivity index (χ0v) is 14.7. The van der Waals surface area contributed by atoms with E-state index in [1.807, 2.05) is 12.1 Å². The second kappa shape index (κ2) is 5.85. The first kappa shape index (κ1) is 15.4. The topological polar surface area (TPSA) is 64.7 Å². The fourth-order valence-corrected chi connectivity index (χ4v) is 4.02. The number of methoxy groups -OCH3 is 2. The van der Waals surface area contributed by atoms with E-state index in [0.29, 0.717) is 5.75 Å². The van der Waals surface area contributed by atoms with Crippen molar-refractivity contribution >= 4 is 10.9 Å². The number of hydrogen-bond donors (Lipinski definition) is 2. The molecule has 0 bridgehead atoms. The zero-order valence-electron chi connectivity index (χ0n) is 14.7. The average molecular weight is 352 g/mol. The standard InChI is InChI=1S/C20H20N2O4/c1-23-12-3-4-13-14(9-22-15(13)8-12)18-17-11(5-6-21-18)7-16-19(20(17)24-2)26-10-25-16/h3-4,7-9,18,21-22H,5-6,10H2,1-2H3. The Labute approximate surface area is 151 Å². The molecular formula is C20H20N2O4. The van der Waals surface area contributed by atoms with E-state index in [0.717, 1.165) is 46.7 Å². The smallest absolute Gasteiger partial charge is 0.231 e. The Morgan fingerprint density at radius 3 is 2.88 bits per heavy atom. The van der Waals surface area contributed by atoms with Gasteiger partial charge in [-0.2, -0.15) is 0 Å². The van der Waals surface area contributed by atoms with Crippen LogP contribution in [0.1, 0.15) is 22.7 Å². The predicted molar refractivity (Wildman–Crippen MR) is 97.5 cm³/mol. The number of benzene rings is 2. The molecule has 1 unspecified atom stereocenters. The van der Waals surface area contributed by atoms with Gasteiger partial charge in [0.1, 0.15) is 5.75 Å². The van der Waals surface area contributed by atoms with Crippen LogP contribution in [-0.2, 0) is 6.42 Å². The van der Waals surface area contributed by atoms with Crippen LogP contribution in [0.15, 0.2) is 30.5 Å². The number of ether oxygens (including phenoxy) is 4. The van der Waals surface area contributed by atoms with Gasteiger partial charge in [0.05, 0.1) is 20.3 Å². The molecule has 5 rings (SSSR count). The van der Waals surface area contributed by atoms with Gasteiger partial charge in [-0.05, 0) is 35.7 Å². The summed E-state index contributed by atoms with van der Waals surface area (Å²) in [6.07, 6.45) is 2.98. The second-order valence-electron chi connectivity index (χ2n) is 6.51. The molecular weight excluding hydrogens is 332 g/mol. The summed E-state index contributed by atoms with van der Waals surface area (Å²) in [5, 5.41) is 4.80. The summed E-state index contributed by atoms with van der Waals surface area (Å²) in [6.45, 7) is 1.13. The maximum Gasteiger partial charge on any atom is 0.231 e. The molecule has 1 atom stereocenters. The van der Waals surface area contributed by atoms with Crippen molar-refractivity contribution in [3.63, 3.8) is 0 Å². The lowest BCUT2D eigenvalue weighted by Gasteiger charge is -2.29.